The monoisotopic (exact) mass is 279 g/mol. The SMILES string of the molecule is CN(C)CC1CCN(C(=O)c2cc(N)cc(F)c2)CC1. The zero-order chi connectivity index (χ0) is 14.7. The van der Waals surface area contributed by atoms with Gasteiger partial charge in [0.1, 0.15) is 5.82 Å². The molecular weight excluding hydrogens is 257 g/mol. The summed E-state index contributed by atoms with van der Waals surface area (Å²) in [7, 11) is 4.13. The van der Waals surface area contributed by atoms with Crippen molar-refractivity contribution in [1.29, 1.82) is 0 Å². The summed E-state index contributed by atoms with van der Waals surface area (Å²) in [5.41, 5.74) is 6.22. The Morgan fingerprint density at radius 1 is 1.35 bits per heavy atom. The van der Waals surface area contributed by atoms with Crippen molar-refractivity contribution in [1.82, 2.24) is 9.80 Å². The Balaban J connectivity index is 1.98. The van der Waals surface area contributed by atoms with Crippen LogP contribution in [0.2, 0.25) is 0 Å². The number of amides is 1. The van der Waals surface area contributed by atoms with Crippen LogP contribution < -0.4 is 5.73 Å². The van der Waals surface area contributed by atoms with Gasteiger partial charge in [-0.2, -0.15) is 0 Å². The molecule has 0 aliphatic carbocycles. The van der Waals surface area contributed by atoms with Gasteiger partial charge >= 0.3 is 0 Å². The molecule has 20 heavy (non-hydrogen) atoms. The van der Waals surface area contributed by atoms with Crippen LogP contribution in [-0.4, -0.2) is 49.4 Å². The topological polar surface area (TPSA) is 49.6 Å². The van der Waals surface area contributed by atoms with Crippen molar-refractivity contribution in [2.24, 2.45) is 5.92 Å². The van der Waals surface area contributed by atoms with Crippen molar-refractivity contribution in [3.8, 4) is 0 Å². The number of nitrogens with two attached hydrogens (primary N) is 1. The summed E-state index contributed by atoms with van der Waals surface area (Å²) in [4.78, 5) is 16.3. The fourth-order valence-corrected chi connectivity index (χ4v) is 2.75. The summed E-state index contributed by atoms with van der Waals surface area (Å²) in [6.07, 6.45) is 1.99. The first-order valence-corrected chi connectivity index (χ1v) is 6.96. The molecule has 110 valence electrons. The molecule has 0 aromatic heterocycles. The Bertz CT molecular complexity index is 462. The lowest BCUT2D eigenvalue weighted by atomic mass is 9.96. The fraction of sp³-hybridized carbons (Fsp3) is 0.533. The second-order valence-electron chi connectivity index (χ2n) is 5.77. The second-order valence-corrected chi connectivity index (χ2v) is 5.77. The number of hydrogen-bond acceptors (Lipinski definition) is 3. The molecule has 1 amide bonds. The molecule has 1 fully saturated rings. The Hall–Kier alpha value is -1.62. The van der Waals surface area contributed by atoms with E-state index in [0.717, 1.165) is 32.5 Å². The molecule has 1 aromatic carbocycles. The molecule has 0 spiro atoms. The zero-order valence-corrected chi connectivity index (χ0v) is 12.1. The van der Waals surface area contributed by atoms with Gasteiger partial charge in [-0.05, 0) is 51.1 Å². The maximum absolute atomic E-state index is 13.3. The van der Waals surface area contributed by atoms with E-state index >= 15 is 0 Å². The highest BCUT2D eigenvalue weighted by atomic mass is 19.1. The number of benzene rings is 1. The quantitative estimate of drug-likeness (QED) is 0.859. The summed E-state index contributed by atoms with van der Waals surface area (Å²) < 4.78 is 13.3. The number of carbonyl (C=O) groups is 1. The second kappa shape index (κ2) is 6.22. The Morgan fingerprint density at radius 3 is 2.55 bits per heavy atom. The highest BCUT2D eigenvalue weighted by Crippen LogP contribution is 2.20. The van der Waals surface area contributed by atoms with Crippen LogP contribution in [0, 0.1) is 11.7 Å². The molecule has 1 heterocycles. The molecule has 2 rings (SSSR count). The van der Waals surface area contributed by atoms with Gasteiger partial charge in [-0.1, -0.05) is 0 Å². The van der Waals surface area contributed by atoms with E-state index in [1.807, 2.05) is 0 Å². The van der Waals surface area contributed by atoms with Crippen LogP contribution >= 0.6 is 0 Å². The molecule has 4 nitrogen and oxygen atoms in total. The normalized spacial score (nSPS) is 16.7. The Kier molecular flexibility index (Phi) is 4.60. The number of piperidine rings is 1. The molecule has 2 N–H and O–H groups in total. The largest absolute Gasteiger partial charge is 0.399 e. The lowest BCUT2D eigenvalue weighted by molar-refractivity contribution is 0.0677. The average Bonchev–Trinajstić information content (AvgIpc) is 2.37. The molecule has 0 unspecified atom stereocenters. The van der Waals surface area contributed by atoms with Crippen LogP contribution in [0.3, 0.4) is 0 Å². The van der Waals surface area contributed by atoms with Crippen LogP contribution in [0.5, 0.6) is 0 Å². The van der Waals surface area contributed by atoms with Crippen molar-refractivity contribution >= 4 is 11.6 Å². The molecule has 1 saturated heterocycles. The highest BCUT2D eigenvalue weighted by Gasteiger charge is 2.24. The van der Waals surface area contributed by atoms with Gasteiger partial charge in [0.15, 0.2) is 0 Å². The number of carbonyl (C=O) groups excluding carboxylic acids is 1. The highest BCUT2D eigenvalue weighted by molar-refractivity contribution is 5.95. The molecule has 0 bridgehead atoms. The van der Waals surface area contributed by atoms with E-state index in [1.165, 1.54) is 18.2 Å². The number of rotatable bonds is 3. The average molecular weight is 279 g/mol. The zero-order valence-electron chi connectivity index (χ0n) is 12.1. The fourth-order valence-electron chi connectivity index (χ4n) is 2.75. The van der Waals surface area contributed by atoms with Gasteiger partial charge in [0.05, 0.1) is 0 Å². The molecule has 0 radical (unpaired) electrons. The molecule has 0 saturated carbocycles. The Labute approximate surface area is 119 Å². The molecular formula is C15H22FN3O. The number of anilines is 1. The van der Waals surface area contributed by atoms with Gasteiger partial charge in [0.25, 0.3) is 5.91 Å². The van der Waals surface area contributed by atoms with E-state index in [9.17, 15) is 9.18 Å². The number of nitrogen functional groups attached to an aromatic ring is 1. The summed E-state index contributed by atoms with van der Waals surface area (Å²) in [5, 5.41) is 0. The van der Waals surface area contributed by atoms with E-state index in [-0.39, 0.29) is 11.6 Å². The van der Waals surface area contributed by atoms with Gasteiger partial charge in [-0.25, -0.2) is 4.39 Å². The minimum Gasteiger partial charge on any atom is -0.399 e. The lowest BCUT2D eigenvalue weighted by Gasteiger charge is -2.33. The Morgan fingerprint density at radius 2 is 2.00 bits per heavy atom. The molecule has 1 aliphatic rings. The minimum atomic E-state index is -0.462. The summed E-state index contributed by atoms with van der Waals surface area (Å²) in [6, 6.07) is 4.02. The third-order valence-corrected chi connectivity index (χ3v) is 3.69. The maximum Gasteiger partial charge on any atom is 0.254 e. The van der Waals surface area contributed by atoms with E-state index in [0.29, 0.717) is 11.5 Å². The van der Waals surface area contributed by atoms with Gasteiger partial charge < -0.3 is 15.5 Å². The predicted molar refractivity (Wildman–Crippen MR) is 78.0 cm³/mol. The number of hydrogen-bond donors (Lipinski definition) is 1. The minimum absolute atomic E-state index is 0.125. The van der Waals surface area contributed by atoms with Gasteiger partial charge in [0, 0.05) is 30.9 Å². The first-order valence-electron chi connectivity index (χ1n) is 6.96. The molecule has 0 atom stereocenters. The van der Waals surface area contributed by atoms with Gasteiger partial charge in [-0.15, -0.1) is 0 Å². The third-order valence-electron chi connectivity index (χ3n) is 3.69. The molecule has 5 heteroatoms. The van der Waals surface area contributed by atoms with Gasteiger partial charge in [-0.3, -0.25) is 4.79 Å². The summed E-state index contributed by atoms with van der Waals surface area (Å²) >= 11 is 0. The molecule has 1 aromatic rings. The standard InChI is InChI=1S/C15H22FN3O/c1-18(2)10-11-3-5-19(6-4-11)15(20)12-7-13(16)9-14(17)8-12/h7-9,11H,3-6,10,17H2,1-2H3. The molecule has 1 aliphatic heterocycles. The van der Waals surface area contributed by atoms with Crippen LogP contribution in [0.15, 0.2) is 18.2 Å². The number of likely N-dealkylation sites (tertiary alicyclic amines) is 1. The summed E-state index contributed by atoms with van der Waals surface area (Å²) in [5.74, 6) is 0.0435. The first-order chi connectivity index (χ1) is 9.45. The van der Waals surface area contributed by atoms with Crippen LogP contribution in [0.4, 0.5) is 10.1 Å². The van der Waals surface area contributed by atoms with Crippen molar-refractivity contribution < 1.29 is 9.18 Å². The van der Waals surface area contributed by atoms with Crippen molar-refractivity contribution in [2.75, 3.05) is 39.5 Å². The smallest absolute Gasteiger partial charge is 0.254 e. The van der Waals surface area contributed by atoms with Gasteiger partial charge in [0.2, 0.25) is 0 Å². The third kappa shape index (κ3) is 3.70. The van der Waals surface area contributed by atoms with Crippen LogP contribution in [0.25, 0.3) is 0 Å². The predicted octanol–water partition coefficient (Wildman–Crippen LogP) is 1.82. The number of nitrogens with zero attached hydrogens (tertiary/aromatic N) is 2. The van der Waals surface area contributed by atoms with E-state index in [1.54, 1.807) is 4.90 Å². The van der Waals surface area contributed by atoms with E-state index < -0.39 is 5.82 Å². The van der Waals surface area contributed by atoms with Crippen molar-refractivity contribution in [3.63, 3.8) is 0 Å². The lowest BCUT2D eigenvalue weighted by Crippen LogP contribution is -2.40. The van der Waals surface area contributed by atoms with Crippen LogP contribution in [0.1, 0.15) is 23.2 Å². The van der Waals surface area contributed by atoms with Crippen molar-refractivity contribution in [2.45, 2.75) is 12.8 Å². The maximum atomic E-state index is 13.3. The first kappa shape index (κ1) is 14.8. The van der Waals surface area contributed by atoms with E-state index in [4.69, 9.17) is 5.73 Å². The summed E-state index contributed by atoms with van der Waals surface area (Å²) in [6.45, 7) is 2.51. The van der Waals surface area contributed by atoms with Crippen LogP contribution in [-0.2, 0) is 0 Å². The van der Waals surface area contributed by atoms with Crippen molar-refractivity contribution in [3.05, 3.63) is 29.6 Å². The van der Waals surface area contributed by atoms with E-state index in [2.05, 4.69) is 19.0 Å². The number of halogens is 1.